The molecule has 0 amide bonds. The highest BCUT2D eigenvalue weighted by atomic mass is 28.3. The molecule has 0 bridgehead atoms. The average Bonchev–Trinajstić information content (AvgIpc) is 1.69. The highest BCUT2D eigenvalue weighted by Gasteiger charge is 1.83. The zero-order valence-electron chi connectivity index (χ0n) is 4.32. The quantitative estimate of drug-likeness (QED) is 0.273. The van der Waals surface area contributed by atoms with Gasteiger partial charge in [-0.1, -0.05) is 0 Å². The van der Waals surface area contributed by atoms with E-state index in [0.717, 1.165) is 0 Å². The number of rotatable bonds is 4. The van der Waals surface area contributed by atoms with E-state index in [4.69, 9.17) is 0 Å². The van der Waals surface area contributed by atoms with Crippen LogP contribution in [0, 0.1) is 0 Å². The Balaban J connectivity index is 2.45. The van der Waals surface area contributed by atoms with Crippen molar-refractivity contribution in [3.8, 4) is 0 Å². The summed E-state index contributed by atoms with van der Waals surface area (Å²) in [5.41, 5.74) is 0. The van der Waals surface area contributed by atoms with E-state index in [2.05, 4.69) is 8.85 Å². The fourth-order valence-corrected chi connectivity index (χ4v) is 1.27. The predicted molar refractivity (Wildman–Crippen MR) is 31.2 cm³/mol. The minimum Gasteiger partial charge on any atom is -0.440 e. The van der Waals surface area contributed by atoms with Crippen molar-refractivity contribution >= 4 is 19.9 Å². The van der Waals surface area contributed by atoms with Gasteiger partial charge in [0.15, 0.2) is 9.76 Å². The van der Waals surface area contributed by atoms with Crippen LogP contribution in [-0.2, 0) is 8.85 Å². The highest BCUT2D eigenvalue weighted by Crippen LogP contribution is 1.67. The molecule has 0 aliphatic heterocycles. The summed E-state index contributed by atoms with van der Waals surface area (Å²) in [5, 5.41) is 0. The van der Waals surface area contributed by atoms with Crippen LogP contribution in [0.25, 0.3) is 0 Å². The van der Waals surface area contributed by atoms with Crippen molar-refractivity contribution in [1.82, 2.24) is 0 Å². The van der Waals surface area contributed by atoms with E-state index in [9.17, 15) is 4.11 Å². The SMILES string of the molecule is COC[SiH2]O[SiH2]F. The van der Waals surface area contributed by atoms with Gasteiger partial charge in [0.25, 0.3) is 0 Å². The van der Waals surface area contributed by atoms with E-state index in [1.54, 1.807) is 7.11 Å². The molecule has 0 spiro atoms. The molecule has 0 heterocycles. The lowest BCUT2D eigenvalue weighted by atomic mass is 11.5. The Labute approximate surface area is 47.1 Å². The van der Waals surface area contributed by atoms with Gasteiger partial charge in [-0.3, -0.25) is 4.11 Å². The van der Waals surface area contributed by atoms with Gasteiger partial charge in [-0.25, -0.2) is 0 Å². The monoisotopic (exact) mass is 140 g/mol. The molecule has 5 heteroatoms. The molecule has 0 aromatic rings. The first-order valence-electron chi connectivity index (χ1n) is 2.04. The molecule has 0 aliphatic carbocycles. The molecule has 2 nitrogen and oxygen atoms in total. The average molecular weight is 140 g/mol. The Kier molecular flexibility index (Phi) is 6.54. The lowest BCUT2D eigenvalue weighted by Gasteiger charge is -1.93. The molecule has 0 unspecified atom stereocenters. The van der Waals surface area contributed by atoms with Crippen LogP contribution in [0.15, 0.2) is 0 Å². The lowest BCUT2D eigenvalue weighted by molar-refractivity contribution is 0.243. The molecule has 44 valence electrons. The molecule has 0 atom stereocenters. The zero-order chi connectivity index (χ0) is 5.54. The van der Waals surface area contributed by atoms with Crippen molar-refractivity contribution in [2.75, 3.05) is 13.3 Å². The fraction of sp³-hybridized carbons (Fsp3) is 1.00. The maximum absolute atomic E-state index is 11.2. The molecule has 0 aromatic heterocycles. The van der Waals surface area contributed by atoms with Crippen LogP contribution in [0.5, 0.6) is 0 Å². The van der Waals surface area contributed by atoms with Crippen LogP contribution in [-0.4, -0.2) is 33.2 Å². The summed E-state index contributed by atoms with van der Waals surface area (Å²) in [6.07, 6.45) is 0.636. The van der Waals surface area contributed by atoms with Crippen LogP contribution >= 0.6 is 0 Å². The summed E-state index contributed by atoms with van der Waals surface area (Å²) in [7, 11) is -0.655. The van der Waals surface area contributed by atoms with Crippen LogP contribution in [0.3, 0.4) is 0 Å². The Hall–Kier alpha value is 0.284. The normalized spacial score (nSPS) is 12.9. The van der Waals surface area contributed by atoms with Crippen molar-refractivity contribution in [3.63, 3.8) is 0 Å². The first-order valence-corrected chi connectivity index (χ1v) is 4.73. The lowest BCUT2D eigenvalue weighted by Crippen LogP contribution is -2.06. The van der Waals surface area contributed by atoms with Crippen molar-refractivity contribution in [3.05, 3.63) is 0 Å². The molecule has 0 rings (SSSR count). The summed E-state index contributed by atoms with van der Waals surface area (Å²) in [4.78, 5) is 0. The smallest absolute Gasteiger partial charge is 0.343 e. The van der Waals surface area contributed by atoms with Crippen molar-refractivity contribution in [2.24, 2.45) is 0 Å². The molecular weight excluding hydrogens is 131 g/mol. The molecule has 0 fully saturated rings. The Morgan fingerprint density at radius 1 is 1.71 bits per heavy atom. The molecule has 7 heavy (non-hydrogen) atoms. The number of ether oxygens (including phenoxy) is 1. The minimum atomic E-state index is -1.62. The first kappa shape index (κ1) is 7.28. The number of halogens is 1. The second kappa shape index (κ2) is 6.28. The highest BCUT2D eigenvalue weighted by molar-refractivity contribution is 6.38. The zero-order valence-corrected chi connectivity index (χ0v) is 7.14. The second-order valence-corrected chi connectivity index (χ2v) is 3.68. The number of methoxy groups -OCH3 is 1. The third-order valence-corrected chi connectivity index (χ3v) is 2.86. The van der Waals surface area contributed by atoms with E-state index in [-0.39, 0.29) is 0 Å². The van der Waals surface area contributed by atoms with Gasteiger partial charge >= 0.3 is 10.1 Å². The summed E-state index contributed by atoms with van der Waals surface area (Å²) in [6, 6.07) is 0. The molecule has 0 saturated heterocycles. The third-order valence-electron chi connectivity index (χ3n) is 0.509. The molecule has 0 aromatic carbocycles. The van der Waals surface area contributed by atoms with E-state index >= 15 is 0 Å². The Morgan fingerprint density at radius 3 is 2.86 bits per heavy atom. The van der Waals surface area contributed by atoms with Gasteiger partial charge in [-0.2, -0.15) is 0 Å². The molecule has 0 N–H and O–H groups in total. The van der Waals surface area contributed by atoms with Gasteiger partial charge in [0.1, 0.15) is 0 Å². The number of hydrogen-bond donors (Lipinski definition) is 0. The Morgan fingerprint density at radius 2 is 2.43 bits per heavy atom. The largest absolute Gasteiger partial charge is 0.440 e. The van der Waals surface area contributed by atoms with E-state index in [1.807, 2.05) is 0 Å². The van der Waals surface area contributed by atoms with Gasteiger partial charge in [-0.15, -0.1) is 0 Å². The van der Waals surface area contributed by atoms with Crippen molar-refractivity contribution in [2.45, 2.75) is 0 Å². The van der Waals surface area contributed by atoms with Crippen LogP contribution in [0.4, 0.5) is 4.11 Å². The van der Waals surface area contributed by atoms with E-state index in [0.29, 0.717) is 6.23 Å². The maximum atomic E-state index is 11.2. The van der Waals surface area contributed by atoms with Crippen LogP contribution in [0.1, 0.15) is 0 Å². The summed E-state index contributed by atoms with van der Waals surface area (Å²) < 4.78 is 20.4. The van der Waals surface area contributed by atoms with Crippen molar-refractivity contribution in [1.29, 1.82) is 0 Å². The molecule has 0 saturated carbocycles. The molecule has 0 aliphatic rings. The van der Waals surface area contributed by atoms with Crippen LogP contribution in [0.2, 0.25) is 0 Å². The molecule has 0 radical (unpaired) electrons. The maximum Gasteiger partial charge on any atom is 0.343 e. The first-order chi connectivity index (χ1) is 3.41. The van der Waals surface area contributed by atoms with Gasteiger partial charge in [-0.05, 0) is 0 Å². The molecular formula is C2H9FO2Si2. The summed E-state index contributed by atoms with van der Waals surface area (Å²) in [5.74, 6) is 0. The van der Waals surface area contributed by atoms with Gasteiger partial charge < -0.3 is 8.85 Å². The fourth-order valence-electron chi connectivity index (χ4n) is 0.197. The van der Waals surface area contributed by atoms with Crippen LogP contribution < -0.4 is 0 Å². The summed E-state index contributed by atoms with van der Waals surface area (Å²) in [6.45, 7) is 0. The van der Waals surface area contributed by atoms with Gasteiger partial charge in [0, 0.05) is 7.11 Å². The summed E-state index contributed by atoms with van der Waals surface area (Å²) >= 11 is 0. The van der Waals surface area contributed by atoms with Gasteiger partial charge in [0.2, 0.25) is 0 Å². The Bertz CT molecular complexity index is 32.9. The minimum absolute atomic E-state index is 0.624. The third kappa shape index (κ3) is 6.28. The van der Waals surface area contributed by atoms with Crippen molar-refractivity contribution < 1.29 is 13.0 Å². The number of hydrogen-bond acceptors (Lipinski definition) is 2. The topological polar surface area (TPSA) is 18.5 Å². The van der Waals surface area contributed by atoms with E-state index in [1.165, 1.54) is 0 Å². The van der Waals surface area contributed by atoms with Gasteiger partial charge in [0.05, 0.1) is 6.23 Å². The predicted octanol–water partition coefficient (Wildman–Crippen LogP) is -1.34. The standard InChI is InChI=1S/C2H9FO2Si2/c1-4-2-6-5-7-3/h2,6-7H2,1H3. The van der Waals surface area contributed by atoms with E-state index < -0.39 is 19.9 Å². The second-order valence-electron chi connectivity index (χ2n) is 1.01.